The van der Waals surface area contributed by atoms with Crippen molar-refractivity contribution in [2.45, 2.75) is 24.9 Å². The molecule has 0 aromatic heterocycles. The normalized spacial score (nSPS) is 18.8. The number of rotatable bonds is 6. The summed E-state index contributed by atoms with van der Waals surface area (Å²) in [5.41, 5.74) is 1.34. The third kappa shape index (κ3) is 3.76. The Labute approximate surface area is 209 Å². The average molecular weight is 504 g/mol. The second kappa shape index (κ2) is 8.60. The number of urea groups is 1. The lowest BCUT2D eigenvalue weighted by Gasteiger charge is -2.28. The molecule has 0 radical (unpaired) electrons. The Morgan fingerprint density at radius 3 is 2.11 bits per heavy atom. The first-order valence-corrected chi connectivity index (χ1v) is 13.4. The maximum atomic E-state index is 13.8. The van der Waals surface area contributed by atoms with Gasteiger partial charge in [-0.3, -0.25) is 18.8 Å². The van der Waals surface area contributed by atoms with E-state index in [1.165, 1.54) is 10.4 Å². The molecule has 0 unspecified atom stereocenters. The first kappa shape index (κ1) is 23.7. The number of hydrogen-bond donors (Lipinski definition) is 1. The van der Waals surface area contributed by atoms with Crippen molar-refractivity contribution in [1.82, 2.24) is 10.2 Å². The largest absolute Gasteiger partial charge is 0.325 e. The summed E-state index contributed by atoms with van der Waals surface area (Å²) in [7, 11) is -3.45. The van der Waals surface area contributed by atoms with E-state index in [1.54, 1.807) is 60.7 Å². The van der Waals surface area contributed by atoms with Crippen LogP contribution in [0.25, 0.3) is 0 Å². The molecule has 1 N–H and O–H groups in total. The minimum Gasteiger partial charge on any atom is -0.315 e. The number of amides is 3. The van der Waals surface area contributed by atoms with Crippen LogP contribution in [0.3, 0.4) is 0 Å². The molecule has 0 spiro atoms. The Balaban J connectivity index is 1.46. The van der Waals surface area contributed by atoms with Crippen molar-refractivity contribution in [3.8, 4) is 0 Å². The second-order valence-electron chi connectivity index (χ2n) is 9.18. The Kier molecular flexibility index (Phi) is 5.67. The summed E-state index contributed by atoms with van der Waals surface area (Å²) in [6, 6.07) is 21.8. The molecule has 1 fully saturated rings. The first-order valence-electron chi connectivity index (χ1n) is 11.5. The smallest absolute Gasteiger partial charge is 0.315 e. The predicted molar refractivity (Wildman–Crippen MR) is 135 cm³/mol. The molecular formula is C27H25N3O5S. The number of Topliss-reactive ketones (excluding diaryl/α,β-unsaturated/α-hetero) is 1. The quantitative estimate of drug-likeness (QED) is 0.411. The number of hydrogen-bond acceptors (Lipinski definition) is 5. The standard InChI is InChI=1S/C27H25N3O5S/c1-18-15-20-16-19(13-14-23(20)30(18)36(2,34)35)24(31)17-29-25(32)27(28-26(29)33,21-9-5-3-6-10-21)22-11-7-4-8-12-22/h3-14,16,18H,15,17H2,1-2H3,(H,28,33)/t18-/m0/s1. The second-order valence-corrected chi connectivity index (χ2v) is 11.0. The van der Waals surface area contributed by atoms with Crippen molar-refractivity contribution in [2.24, 2.45) is 0 Å². The van der Waals surface area contributed by atoms with Crippen LogP contribution in [0.5, 0.6) is 0 Å². The van der Waals surface area contributed by atoms with Gasteiger partial charge in [0, 0.05) is 11.6 Å². The van der Waals surface area contributed by atoms with Gasteiger partial charge in [-0.2, -0.15) is 0 Å². The summed E-state index contributed by atoms with van der Waals surface area (Å²) in [5, 5.41) is 2.84. The fraction of sp³-hybridized carbons (Fsp3) is 0.222. The van der Waals surface area contributed by atoms with Crippen LogP contribution < -0.4 is 9.62 Å². The van der Waals surface area contributed by atoms with E-state index < -0.39 is 39.8 Å². The van der Waals surface area contributed by atoms with Crippen LogP contribution in [0.2, 0.25) is 0 Å². The predicted octanol–water partition coefficient (Wildman–Crippen LogP) is 3.08. The number of carbonyl (C=O) groups excluding carboxylic acids is 3. The van der Waals surface area contributed by atoms with Crippen molar-refractivity contribution >= 4 is 33.4 Å². The van der Waals surface area contributed by atoms with E-state index in [2.05, 4.69) is 5.32 Å². The van der Waals surface area contributed by atoms with Crippen molar-refractivity contribution in [3.63, 3.8) is 0 Å². The molecule has 3 aromatic rings. The van der Waals surface area contributed by atoms with E-state index in [0.29, 0.717) is 28.8 Å². The minimum absolute atomic E-state index is 0.261. The van der Waals surface area contributed by atoms with Gasteiger partial charge >= 0.3 is 6.03 Å². The van der Waals surface area contributed by atoms with Crippen LogP contribution in [0.15, 0.2) is 78.9 Å². The lowest BCUT2D eigenvalue weighted by atomic mass is 9.82. The van der Waals surface area contributed by atoms with Gasteiger partial charge in [0.25, 0.3) is 5.91 Å². The molecular weight excluding hydrogens is 478 g/mol. The van der Waals surface area contributed by atoms with Gasteiger partial charge in [-0.05, 0) is 48.2 Å². The summed E-state index contributed by atoms with van der Waals surface area (Å²) in [6.45, 7) is 1.37. The molecule has 2 aliphatic rings. The fourth-order valence-corrected chi connectivity index (χ4v) is 6.43. The number of imide groups is 1. The number of nitrogens with one attached hydrogen (secondary N) is 1. The number of nitrogens with zero attached hydrogens (tertiary/aromatic N) is 2. The Hall–Kier alpha value is -3.98. The summed E-state index contributed by atoms with van der Waals surface area (Å²) >= 11 is 0. The van der Waals surface area contributed by atoms with Crippen LogP contribution in [0.1, 0.15) is 34.0 Å². The molecule has 3 amide bonds. The molecule has 3 aromatic carbocycles. The van der Waals surface area contributed by atoms with Crippen LogP contribution >= 0.6 is 0 Å². The lowest BCUT2D eigenvalue weighted by Crippen LogP contribution is -2.45. The monoisotopic (exact) mass is 503 g/mol. The van der Waals surface area contributed by atoms with Crippen molar-refractivity contribution in [3.05, 3.63) is 101 Å². The zero-order valence-corrected chi connectivity index (χ0v) is 20.7. The van der Waals surface area contributed by atoms with Gasteiger partial charge in [-0.25, -0.2) is 13.2 Å². The SMILES string of the molecule is C[C@H]1Cc2cc(C(=O)CN3C(=O)NC(c4ccccc4)(c4ccccc4)C3=O)ccc2N1S(C)(=O)=O. The maximum Gasteiger partial charge on any atom is 0.325 e. The number of fused-ring (bicyclic) bond motifs is 1. The van der Waals surface area contributed by atoms with Crippen LogP contribution in [0.4, 0.5) is 10.5 Å². The molecule has 0 saturated carbocycles. The molecule has 2 aliphatic heterocycles. The fourth-order valence-electron chi connectivity index (χ4n) is 5.17. The van der Waals surface area contributed by atoms with Gasteiger partial charge < -0.3 is 5.32 Å². The number of sulfonamides is 1. The van der Waals surface area contributed by atoms with Crippen LogP contribution in [-0.2, 0) is 26.8 Å². The van der Waals surface area contributed by atoms with Gasteiger partial charge in [0.2, 0.25) is 10.0 Å². The molecule has 2 heterocycles. The molecule has 1 saturated heterocycles. The summed E-state index contributed by atoms with van der Waals surface area (Å²) in [4.78, 5) is 41.0. The first-order chi connectivity index (χ1) is 17.1. The highest BCUT2D eigenvalue weighted by atomic mass is 32.2. The van der Waals surface area contributed by atoms with E-state index in [0.717, 1.165) is 16.7 Å². The lowest BCUT2D eigenvalue weighted by molar-refractivity contribution is -0.129. The summed E-state index contributed by atoms with van der Waals surface area (Å²) in [6.07, 6.45) is 1.62. The van der Waals surface area contributed by atoms with Crippen LogP contribution in [-0.4, -0.2) is 49.9 Å². The van der Waals surface area contributed by atoms with Gasteiger partial charge in [0.1, 0.15) is 0 Å². The van der Waals surface area contributed by atoms with Crippen molar-refractivity contribution in [2.75, 3.05) is 17.1 Å². The molecule has 9 heteroatoms. The Morgan fingerprint density at radius 2 is 1.56 bits per heavy atom. The zero-order valence-electron chi connectivity index (χ0n) is 19.8. The molecule has 184 valence electrons. The van der Waals surface area contributed by atoms with E-state index in [4.69, 9.17) is 0 Å². The number of benzene rings is 3. The van der Waals surface area contributed by atoms with E-state index in [-0.39, 0.29) is 6.04 Å². The van der Waals surface area contributed by atoms with Crippen molar-refractivity contribution in [1.29, 1.82) is 0 Å². The zero-order chi connectivity index (χ0) is 25.7. The highest BCUT2D eigenvalue weighted by Gasteiger charge is 2.54. The summed E-state index contributed by atoms with van der Waals surface area (Å²) < 4.78 is 25.7. The number of carbonyl (C=O) groups is 3. The molecule has 5 rings (SSSR count). The van der Waals surface area contributed by atoms with Crippen LogP contribution in [0, 0.1) is 0 Å². The van der Waals surface area contributed by atoms with E-state index in [9.17, 15) is 22.8 Å². The van der Waals surface area contributed by atoms with Gasteiger partial charge in [-0.15, -0.1) is 0 Å². The van der Waals surface area contributed by atoms with Gasteiger partial charge in [-0.1, -0.05) is 60.7 Å². The van der Waals surface area contributed by atoms with Gasteiger partial charge in [0.05, 0.1) is 18.5 Å². The highest BCUT2D eigenvalue weighted by Crippen LogP contribution is 2.37. The summed E-state index contributed by atoms with van der Waals surface area (Å²) in [5.74, 6) is -0.944. The highest BCUT2D eigenvalue weighted by molar-refractivity contribution is 7.92. The third-order valence-electron chi connectivity index (χ3n) is 6.73. The van der Waals surface area contributed by atoms with Gasteiger partial charge in [0.15, 0.2) is 11.3 Å². The number of ketones is 1. The Bertz CT molecular complexity index is 1430. The molecule has 36 heavy (non-hydrogen) atoms. The molecule has 8 nitrogen and oxygen atoms in total. The molecule has 0 bridgehead atoms. The maximum absolute atomic E-state index is 13.8. The Morgan fingerprint density at radius 1 is 0.972 bits per heavy atom. The van der Waals surface area contributed by atoms with Crippen molar-refractivity contribution < 1.29 is 22.8 Å². The minimum atomic E-state index is -3.45. The third-order valence-corrected chi connectivity index (χ3v) is 8.00. The van der Waals surface area contributed by atoms with E-state index >= 15 is 0 Å². The molecule has 1 atom stereocenters. The molecule has 0 aliphatic carbocycles. The number of anilines is 1. The average Bonchev–Trinajstić information content (AvgIpc) is 3.33. The van der Waals surface area contributed by atoms with E-state index in [1.807, 2.05) is 19.1 Å². The topological polar surface area (TPSA) is 104 Å².